The molecule has 0 aromatic rings. The second-order valence-corrected chi connectivity index (χ2v) is 13.6. The van der Waals surface area contributed by atoms with Crippen LogP contribution >= 0.6 is 58.6 Å². The van der Waals surface area contributed by atoms with E-state index in [0.717, 1.165) is 0 Å². The summed E-state index contributed by atoms with van der Waals surface area (Å²) in [4.78, 5) is 11.8. The van der Waals surface area contributed by atoms with E-state index < -0.39 is 52.9 Å². The van der Waals surface area contributed by atoms with Crippen molar-refractivity contribution >= 4 is 89.3 Å². The molecule has 26 heavy (non-hydrogen) atoms. The molecule has 2 rings (SSSR count). The second-order valence-electron chi connectivity index (χ2n) is 6.08. The lowest BCUT2D eigenvalue weighted by atomic mass is 10.1. The molecule has 1 amide bonds. The predicted octanol–water partition coefficient (Wildman–Crippen LogP) is -0.493. The molecule has 4 atom stereocenters. The molecule has 0 radical (unpaired) electrons. The van der Waals surface area contributed by atoms with E-state index in [1.54, 1.807) is 0 Å². The summed E-state index contributed by atoms with van der Waals surface area (Å²) in [6.07, 6.45) is 0. The van der Waals surface area contributed by atoms with Crippen LogP contribution < -0.4 is 16.0 Å². The topological polar surface area (TPSA) is 121 Å². The molecule has 4 unspecified atom stereocenters. The van der Waals surface area contributed by atoms with E-state index >= 15 is 0 Å². The van der Waals surface area contributed by atoms with Gasteiger partial charge in [-0.25, -0.2) is 16.8 Å². The van der Waals surface area contributed by atoms with Gasteiger partial charge in [0.05, 0.1) is 46.5 Å². The first-order valence-corrected chi connectivity index (χ1v) is 12.8. The number of nitrogens with one attached hydrogen (secondary N) is 3. The molecule has 2 aliphatic heterocycles. The number of carbonyl (C=O) groups excluding carboxylic acids is 1. The van der Waals surface area contributed by atoms with Crippen LogP contribution in [0.5, 0.6) is 0 Å². The fourth-order valence-corrected chi connectivity index (χ4v) is 7.58. The van der Waals surface area contributed by atoms with Crippen LogP contribution in [0.15, 0.2) is 0 Å². The third-order valence-electron chi connectivity index (χ3n) is 3.84. The number of hydrogen-bond donors (Lipinski definition) is 3. The first-order chi connectivity index (χ1) is 11.7. The maximum absolute atomic E-state index is 11.9. The number of carbonyl (C=O) groups is 1. The van der Waals surface area contributed by atoms with E-state index in [1.807, 2.05) is 0 Å². The Morgan fingerprint density at radius 2 is 1.27 bits per heavy atom. The van der Waals surface area contributed by atoms with Crippen molar-refractivity contribution in [2.24, 2.45) is 0 Å². The van der Waals surface area contributed by atoms with E-state index in [1.165, 1.54) is 0 Å². The molecular formula is C11H15Cl4N3O5S3. The molecule has 2 saturated heterocycles. The van der Waals surface area contributed by atoms with Gasteiger partial charge in [0.2, 0.25) is 0 Å². The Kier molecular flexibility index (Phi) is 6.86. The lowest BCUT2D eigenvalue weighted by molar-refractivity contribution is -0.120. The van der Waals surface area contributed by atoms with Crippen molar-refractivity contribution < 1.29 is 21.6 Å². The predicted molar refractivity (Wildman–Crippen MR) is 106 cm³/mol. The number of halogens is 4. The van der Waals surface area contributed by atoms with Gasteiger partial charge >= 0.3 is 0 Å². The molecule has 150 valence electrons. The van der Waals surface area contributed by atoms with Gasteiger partial charge in [-0.1, -0.05) is 34.8 Å². The summed E-state index contributed by atoms with van der Waals surface area (Å²) >= 11 is 27.5. The van der Waals surface area contributed by atoms with Gasteiger partial charge in [0.25, 0.3) is 9.70 Å². The van der Waals surface area contributed by atoms with Crippen LogP contribution in [0.25, 0.3) is 0 Å². The zero-order chi connectivity index (χ0) is 19.9. The SMILES string of the molecule is O=C(NC1CS(=O)(=O)CC1NC(=S)NC1CS(=O)(=O)CC1Cl)C(Cl)(Cl)Cl. The van der Waals surface area contributed by atoms with Gasteiger partial charge in [0.15, 0.2) is 24.8 Å². The van der Waals surface area contributed by atoms with E-state index in [2.05, 4.69) is 16.0 Å². The van der Waals surface area contributed by atoms with Crippen LogP contribution in [0, 0.1) is 0 Å². The summed E-state index contributed by atoms with van der Waals surface area (Å²) in [5.74, 6) is -1.96. The van der Waals surface area contributed by atoms with Gasteiger partial charge in [-0.05, 0) is 12.2 Å². The highest BCUT2D eigenvalue weighted by Crippen LogP contribution is 2.27. The molecule has 0 aromatic heterocycles. The van der Waals surface area contributed by atoms with Gasteiger partial charge in [-0.3, -0.25) is 4.79 Å². The van der Waals surface area contributed by atoms with E-state index in [9.17, 15) is 21.6 Å². The zero-order valence-electron chi connectivity index (χ0n) is 12.9. The molecule has 0 aromatic carbocycles. The minimum atomic E-state index is -3.45. The van der Waals surface area contributed by atoms with Crippen LogP contribution in [-0.2, 0) is 24.5 Å². The highest BCUT2D eigenvalue weighted by atomic mass is 35.6. The van der Waals surface area contributed by atoms with Crippen LogP contribution in [-0.4, -0.2) is 78.2 Å². The van der Waals surface area contributed by atoms with Crippen molar-refractivity contribution in [1.29, 1.82) is 0 Å². The first-order valence-electron chi connectivity index (χ1n) is 7.18. The van der Waals surface area contributed by atoms with Crippen LogP contribution in [0.2, 0.25) is 0 Å². The van der Waals surface area contributed by atoms with Crippen molar-refractivity contribution in [3.05, 3.63) is 0 Å². The number of sulfone groups is 2. The summed E-state index contributed by atoms with van der Waals surface area (Å²) in [6.45, 7) is 0. The summed E-state index contributed by atoms with van der Waals surface area (Å²) < 4.78 is 44.7. The summed E-state index contributed by atoms with van der Waals surface area (Å²) in [5.41, 5.74) is 0. The largest absolute Gasteiger partial charge is 0.357 e. The smallest absolute Gasteiger partial charge is 0.272 e. The minimum absolute atomic E-state index is 0.0213. The van der Waals surface area contributed by atoms with Crippen LogP contribution in [0.1, 0.15) is 0 Å². The Morgan fingerprint density at radius 1 is 0.846 bits per heavy atom. The number of amides is 1. The van der Waals surface area contributed by atoms with Crippen molar-refractivity contribution in [3.63, 3.8) is 0 Å². The van der Waals surface area contributed by atoms with E-state index in [0.29, 0.717) is 0 Å². The lowest BCUT2D eigenvalue weighted by Crippen LogP contribution is -2.56. The lowest BCUT2D eigenvalue weighted by Gasteiger charge is -2.25. The maximum Gasteiger partial charge on any atom is 0.272 e. The van der Waals surface area contributed by atoms with Crippen molar-refractivity contribution in [3.8, 4) is 0 Å². The molecule has 0 bridgehead atoms. The van der Waals surface area contributed by atoms with Crippen LogP contribution in [0.4, 0.5) is 0 Å². The molecule has 8 nitrogen and oxygen atoms in total. The molecular weight excluding hydrogens is 492 g/mol. The molecule has 0 aliphatic carbocycles. The number of hydrogen-bond acceptors (Lipinski definition) is 6. The Balaban J connectivity index is 2.01. The second kappa shape index (κ2) is 7.92. The van der Waals surface area contributed by atoms with Gasteiger partial charge in [-0.15, -0.1) is 11.6 Å². The third-order valence-corrected chi connectivity index (χ3v) is 8.70. The van der Waals surface area contributed by atoms with Crippen molar-refractivity contribution in [1.82, 2.24) is 16.0 Å². The first kappa shape index (κ1) is 22.5. The normalized spacial score (nSPS) is 32.8. The summed E-state index contributed by atoms with van der Waals surface area (Å²) in [6, 6.07) is -2.25. The van der Waals surface area contributed by atoms with Gasteiger partial charge in [-0.2, -0.15) is 0 Å². The Bertz CT molecular complexity index is 798. The highest BCUT2D eigenvalue weighted by Gasteiger charge is 2.43. The number of thiocarbonyl (C=S) groups is 1. The van der Waals surface area contributed by atoms with Gasteiger partial charge < -0.3 is 16.0 Å². The molecule has 0 spiro atoms. The Morgan fingerprint density at radius 3 is 1.73 bits per heavy atom. The molecule has 15 heteroatoms. The zero-order valence-corrected chi connectivity index (χ0v) is 18.4. The number of rotatable bonds is 3. The highest BCUT2D eigenvalue weighted by molar-refractivity contribution is 7.92. The fraction of sp³-hybridized carbons (Fsp3) is 0.818. The monoisotopic (exact) mass is 505 g/mol. The summed E-state index contributed by atoms with van der Waals surface area (Å²) in [7, 11) is -6.71. The Labute approximate surface area is 176 Å². The number of alkyl halides is 4. The van der Waals surface area contributed by atoms with Crippen molar-refractivity contribution in [2.45, 2.75) is 27.3 Å². The minimum Gasteiger partial charge on any atom is -0.357 e. The van der Waals surface area contributed by atoms with E-state index in [-0.39, 0.29) is 28.1 Å². The van der Waals surface area contributed by atoms with Gasteiger partial charge in [0.1, 0.15) is 0 Å². The quantitative estimate of drug-likeness (QED) is 0.346. The average Bonchev–Trinajstić information content (AvgIpc) is 2.83. The molecule has 2 heterocycles. The molecule has 2 fully saturated rings. The van der Waals surface area contributed by atoms with E-state index in [4.69, 9.17) is 58.6 Å². The van der Waals surface area contributed by atoms with Crippen LogP contribution in [0.3, 0.4) is 0 Å². The maximum atomic E-state index is 11.9. The standard InChI is InChI=1S/C11H15Cl4N3O5S3/c12-5-1-25(20,21)2-6(5)17-10(24)18-8-4-26(22,23)3-7(8)16-9(19)11(13,14)15/h5-8H,1-4H2,(H,16,19)(H2,17,18,24). The molecule has 3 N–H and O–H groups in total. The third kappa shape index (κ3) is 6.11. The van der Waals surface area contributed by atoms with Crippen molar-refractivity contribution in [2.75, 3.05) is 23.0 Å². The molecule has 0 saturated carbocycles. The molecule has 2 aliphatic rings. The summed E-state index contributed by atoms with van der Waals surface area (Å²) in [5, 5.41) is 7.25. The average molecular weight is 507 g/mol. The fourth-order valence-electron chi connectivity index (χ4n) is 2.70. The van der Waals surface area contributed by atoms with Gasteiger partial charge in [0, 0.05) is 0 Å². The Hall–Kier alpha value is 0.220.